The van der Waals surface area contributed by atoms with E-state index in [1.165, 1.54) is 5.57 Å². The highest BCUT2D eigenvalue weighted by atomic mass is 16.5. The van der Waals surface area contributed by atoms with Crippen LogP contribution in [0.4, 0.5) is 0 Å². The average molecular weight is 183 g/mol. The summed E-state index contributed by atoms with van der Waals surface area (Å²) in [4.78, 5) is 4.10. The molecule has 0 amide bonds. The number of hydrogen-bond acceptors (Lipinski definition) is 2. The van der Waals surface area contributed by atoms with E-state index in [1.54, 1.807) is 7.05 Å². The van der Waals surface area contributed by atoms with Gasteiger partial charge in [0.15, 0.2) is 5.90 Å². The van der Waals surface area contributed by atoms with Gasteiger partial charge in [0.05, 0.1) is 0 Å². The summed E-state index contributed by atoms with van der Waals surface area (Å²) in [7, 11) is 1.77. The number of allylic oxidation sites excluding steroid dienone is 2. The molecule has 2 nitrogen and oxygen atoms in total. The molecule has 0 rings (SSSR count). The molecule has 0 bridgehead atoms. The fourth-order valence-corrected chi connectivity index (χ4v) is 0.915. The molecule has 0 heterocycles. The predicted molar refractivity (Wildman–Crippen MR) is 57.9 cm³/mol. The van der Waals surface area contributed by atoms with Gasteiger partial charge in [-0.15, -0.1) is 0 Å². The number of ether oxygens (including phenoxy) is 1. The Labute approximate surface area is 81.7 Å². The lowest BCUT2D eigenvalue weighted by atomic mass is 10.2. The highest BCUT2D eigenvalue weighted by Gasteiger charge is 2.07. The second kappa shape index (κ2) is 5.79. The van der Waals surface area contributed by atoms with Crippen LogP contribution in [0, 0.1) is 5.92 Å². The van der Waals surface area contributed by atoms with E-state index in [9.17, 15) is 0 Å². The summed E-state index contributed by atoms with van der Waals surface area (Å²) >= 11 is 0. The average Bonchev–Trinajstić information content (AvgIpc) is 2.11. The topological polar surface area (TPSA) is 21.6 Å². The molecular formula is C11H21NO. The number of hydrogen-bond donors (Lipinski definition) is 0. The van der Waals surface area contributed by atoms with E-state index in [-0.39, 0.29) is 0 Å². The first-order valence-electron chi connectivity index (χ1n) is 4.83. The lowest BCUT2D eigenvalue weighted by Crippen LogP contribution is -2.11. The first kappa shape index (κ1) is 12.2. The summed E-state index contributed by atoms with van der Waals surface area (Å²) in [5, 5.41) is 0. The van der Waals surface area contributed by atoms with E-state index in [1.807, 2.05) is 6.92 Å². The van der Waals surface area contributed by atoms with Crippen LogP contribution < -0.4 is 0 Å². The first-order valence-corrected chi connectivity index (χ1v) is 4.83. The molecule has 0 saturated carbocycles. The minimum atomic E-state index is 0.351. The van der Waals surface area contributed by atoms with Gasteiger partial charge in [-0.2, -0.15) is 0 Å². The molecule has 2 heteroatoms. The van der Waals surface area contributed by atoms with Crippen molar-refractivity contribution in [2.75, 3.05) is 7.05 Å². The van der Waals surface area contributed by atoms with Crippen molar-refractivity contribution in [2.45, 2.75) is 41.0 Å². The monoisotopic (exact) mass is 183 g/mol. The van der Waals surface area contributed by atoms with Crippen LogP contribution in [0.25, 0.3) is 0 Å². The van der Waals surface area contributed by atoms with Crippen LogP contribution in [0.3, 0.4) is 0 Å². The van der Waals surface area contributed by atoms with E-state index in [2.05, 4.69) is 32.7 Å². The maximum absolute atomic E-state index is 5.64. The van der Waals surface area contributed by atoms with E-state index < -0.39 is 0 Å². The second-order valence-corrected chi connectivity index (χ2v) is 3.51. The summed E-state index contributed by atoms with van der Waals surface area (Å²) in [6.07, 6.45) is 1.03. The summed E-state index contributed by atoms with van der Waals surface area (Å²) in [6, 6.07) is 0. The normalized spacial score (nSPS) is 14.5. The van der Waals surface area contributed by atoms with Gasteiger partial charge in [0.25, 0.3) is 0 Å². The van der Waals surface area contributed by atoms with Gasteiger partial charge < -0.3 is 4.74 Å². The summed E-state index contributed by atoms with van der Waals surface area (Å²) in [5.41, 5.74) is 1.28. The van der Waals surface area contributed by atoms with Crippen LogP contribution >= 0.6 is 0 Å². The number of aliphatic imine (C=N–C) groups is 1. The Balaban J connectivity index is 4.43. The van der Waals surface area contributed by atoms with Crippen molar-refractivity contribution >= 4 is 5.90 Å². The SMILES string of the molecule is CC/C(C)=C(/C)OC(=NC)C(C)C. The highest BCUT2D eigenvalue weighted by Crippen LogP contribution is 2.11. The molecule has 0 aromatic carbocycles. The Morgan fingerprint density at radius 3 is 2.15 bits per heavy atom. The van der Waals surface area contributed by atoms with Crippen LogP contribution in [-0.2, 0) is 4.74 Å². The van der Waals surface area contributed by atoms with E-state index in [0.717, 1.165) is 18.1 Å². The van der Waals surface area contributed by atoms with Crippen molar-refractivity contribution in [2.24, 2.45) is 10.9 Å². The van der Waals surface area contributed by atoms with Gasteiger partial charge in [0.2, 0.25) is 0 Å². The third-order valence-electron chi connectivity index (χ3n) is 2.10. The third-order valence-corrected chi connectivity index (χ3v) is 2.10. The van der Waals surface area contributed by atoms with Gasteiger partial charge in [-0.05, 0) is 25.8 Å². The number of nitrogens with zero attached hydrogens (tertiary/aromatic N) is 1. The largest absolute Gasteiger partial charge is 0.448 e. The van der Waals surface area contributed by atoms with Gasteiger partial charge in [-0.25, -0.2) is 0 Å². The molecule has 0 atom stereocenters. The Kier molecular flexibility index (Phi) is 5.44. The van der Waals surface area contributed by atoms with Crippen molar-refractivity contribution in [3.63, 3.8) is 0 Å². The summed E-state index contributed by atoms with van der Waals surface area (Å²) < 4.78 is 5.64. The van der Waals surface area contributed by atoms with Crippen molar-refractivity contribution < 1.29 is 4.74 Å². The molecule has 0 aromatic rings. The van der Waals surface area contributed by atoms with Gasteiger partial charge in [0.1, 0.15) is 5.76 Å². The summed E-state index contributed by atoms with van der Waals surface area (Å²) in [6.45, 7) is 10.4. The molecule has 0 spiro atoms. The minimum absolute atomic E-state index is 0.351. The van der Waals surface area contributed by atoms with Crippen molar-refractivity contribution in [3.8, 4) is 0 Å². The standard InChI is InChI=1S/C11H21NO/c1-7-9(4)10(5)13-11(12-6)8(2)3/h8H,7H2,1-6H3/b10-9-,12-11?. The number of rotatable bonds is 3. The molecule has 0 unspecified atom stereocenters. The van der Waals surface area contributed by atoms with E-state index >= 15 is 0 Å². The van der Waals surface area contributed by atoms with E-state index in [0.29, 0.717) is 5.92 Å². The zero-order chi connectivity index (χ0) is 10.4. The lowest BCUT2D eigenvalue weighted by Gasteiger charge is -2.13. The fourth-order valence-electron chi connectivity index (χ4n) is 0.915. The zero-order valence-corrected chi connectivity index (χ0v) is 9.64. The van der Waals surface area contributed by atoms with Crippen molar-refractivity contribution in [3.05, 3.63) is 11.3 Å². The molecule has 0 saturated heterocycles. The maximum atomic E-state index is 5.64. The molecule has 0 aliphatic carbocycles. The molecule has 0 fully saturated rings. The Bertz CT molecular complexity index is 214. The van der Waals surface area contributed by atoms with Crippen molar-refractivity contribution in [1.82, 2.24) is 0 Å². The molecule has 0 N–H and O–H groups in total. The van der Waals surface area contributed by atoms with Crippen LogP contribution in [-0.4, -0.2) is 12.9 Å². The highest BCUT2D eigenvalue weighted by molar-refractivity contribution is 5.78. The smallest absolute Gasteiger partial charge is 0.191 e. The second-order valence-electron chi connectivity index (χ2n) is 3.51. The van der Waals surface area contributed by atoms with Crippen LogP contribution in [0.1, 0.15) is 41.0 Å². The zero-order valence-electron chi connectivity index (χ0n) is 9.64. The van der Waals surface area contributed by atoms with E-state index in [4.69, 9.17) is 4.74 Å². The Morgan fingerprint density at radius 2 is 1.85 bits per heavy atom. The molecule has 0 radical (unpaired) electrons. The quantitative estimate of drug-likeness (QED) is 0.373. The molecule has 0 aliphatic heterocycles. The van der Waals surface area contributed by atoms with Crippen LogP contribution in [0.2, 0.25) is 0 Å². The van der Waals surface area contributed by atoms with Crippen LogP contribution in [0.5, 0.6) is 0 Å². The predicted octanol–water partition coefficient (Wildman–Crippen LogP) is 3.39. The molecule has 13 heavy (non-hydrogen) atoms. The van der Waals surface area contributed by atoms with Gasteiger partial charge in [-0.1, -0.05) is 20.8 Å². The first-order chi connectivity index (χ1) is 6.02. The van der Waals surface area contributed by atoms with Gasteiger partial charge >= 0.3 is 0 Å². The molecule has 0 aliphatic rings. The molecule has 0 aromatic heterocycles. The minimum Gasteiger partial charge on any atom is -0.448 e. The maximum Gasteiger partial charge on any atom is 0.191 e. The summed E-state index contributed by atoms with van der Waals surface area (Å²) in [5.74, 6) is 2.15. The lowest BCUT2D eigenvalue weighted by molar-refractivity contribution is 0.380. The molecular weight excluding hydrogens is 162 g/mol. The van der Waals surface area contributed by atoms with Crippen LogP contribution in [0.15, 0.2) is 16.3 Å². The Hall–Kier alpha value is -0.790. The Morgan fingerprint density at radius 1 is 1.31 bits per heavy atom. The van der Waals surface area contributed by atoms with Gasteiger partial charge in [-0.3, -0.25) is 4.99 Å². The molecule has 76 valence electrons. The fraction of sp³-hybridized carbons (Fsp3) is 0.727. The third kappa shape index (κ3) is 4.11. The van der Waals surface area contributed by atoms with Crippen molar-refractivity contribution in [1.29, 1.82) is 0 Å². The van der Waals surface area contributed by atoms with Gasteiger partial charge in [0, 0.05) is 13.0 Å².